The number of carbonyl (C=O) groups is 1. The smallest absolute Gasteiger partial charge is 0.217 e. The lowest BCUT2D eigenvalue weighted by atomic mass is 9.90. The summed E-state index contributed by atoms with van der Waals surface area (Å²) in [6.45, 7) is 5.31. The Kier molecular flexibility index (Phi) is 4.65. The van der Waals surface area contributed by atoms with Gasteiger partial charge in [-0.25, -0.2) is 9.97 Å². The number of nitrogens with zero attached hydrogens (tertiary/aromatic N) is 3. The molecule has 0 spiro atoms. The van der Waals surface area contributed by atoms with E-state index in [0.29, 0.717) is 22.6 Å². The van der Waals surface area contributed by atoms with E-state index in [2.05, 4.69) is 27.1 Å². The van der Waals surface area contributed by atoms with E-state index in [1.807, 2.05) is 0 Å². The van der Waals surface area contributed by atoms with Crippen LogP contribution in [0.15, 0.2) is 6.33 Å². The first-order valence-electron chi connectivity index (χ1n) is 6.77. The topological polar surface area (TPSA) is 84.1 Å². The monoisotopic (exact) mass is 297 g/mol. The van der Waals surface area contributed by atoms with Crippen molar-refractivity contribution in [2.75, 3.05) is 23.7 Å². The number of anilines is 2. The van der Waals surface area contributed by atoms with Gasteiger partial charge in [0.25, 0.3) is 0 Å². The summed E-state index contributed by atoms with van der Waals surface area (Å²) in [5, 5.41) is 3.38. The lowest BCUT2D eigenvalue weighted by molar-refractivity contribution is -0.119. The normalized spacial score (nSPS) is 17.9. The molecule has 2 heterocycles. The number of aromatic nitrogens is 2. The molecule has 1 aromatic rings. The zero-order valence-corrected chi connectivity index (χ0v) is 12.5. The van der Waals surface area contributed by atoms with Gasteiger partial charge < -0.3 is 16.0 Å². The second-order valence-electron chi connectivity index (χ2n) is 5.21. The van der Waals surface area contributed by atoms with Gasteiger partial charge in [0, 0.05) is 26.1 Å². The summed E-state index contributed by atoms with van der Waals surface area (Å²) in [7, 11) is 0. The van der Waals surface area contributed by atoms with Crippen molar-refractivity contribution in [1.82, 2.24) is 15.3 Å². The van der Waals surface area contributed by atoms with Gasteiger partial charge in [-0.15, -0.1) is 0 Å². The minimum absolute atomic E-state index is 0.0200. The van der Waals surface area contributed by atoms with Crippen LogP contribution in [0.4, 0.5) is 11.6 Å². The predicted octanol–water partition coefficient (Wildman–Crippen LogP) is 1.45. The SMILES string of the molecule is CC(=O)N[C@@H](C)C1CCN(c2ncnc(N)c2Cl)CC1. The average molecular weight is 298 g/mol. The third-order valence-corrected chi connectivity index (χ3v) is 4.14. The molecular weight excluding hydrogens is 278 g/mol. The molecule has 0 radical (unpaired) electrons. The molecule has 1 atom stereocenters. The predicted molar refractivity (Wildman–Crippen MR) is 79.7 cm³/mol. The van der Waals surface area contributed by atoms with Crippen molar-refractivity contribution in [1.29, 1.82) is 0 Å². The molecule has 7 heteroatoms. The van der Waals surface area contributed by atoms with Gasteiger partial charge in [-0.3, -0.25) is 4.79 Å². The number of piperidine rings is 1. The highest BCUT2D eigenvalue weighted by Gasteiger charge is 2.26. The zero-order chi connectivity index (χ0) is 14.7. The maximum absolute atomic E-state index is 11.1. The number of hydrogen-bond donors (Lipinski definition) is 2. The number of rotatable bonds is 3. The molecule has 6 nitrogen and oxygen atoms in total. The zero-order valence-electron chi connectivity index (χ0n) is 11.8. The molecule has 2 rings (SSSR count). The Morgan fingerprint density at radius 2 is 2.15 bits per heavy atom. The largest absolute Gasteiger partial charge is 0.382 e. The quantitative estimate of drug-likeness (QED) is 0.882. The Hall–Kier alpha value is -1.56. The van der Waals surface area contributed by atoms with E-state index in [-0.39, 0.29) is 11.9 Å². The highest BCUT2D eigenvalue weighted by molar-refractivity contribution is 6.35. The van der Waals surface area contributed by atoms with E-state index in [1.165, 1.54) is 6.33 Å². The number of carbonyl (C=O) groups excluding carboxylic acids is 1. The molecule has 110 valence electrons. The van der Waals surface area contributed by atoms with Gasteiger partial charge in [0.1, 0.15) is 17.2 Å². The van der Waals surface area contributed by atoms with E-state index < -0.39 is 0 Å². The lowest BCUT2D eigenvalue weighted by Crippen LogP contribution is -2.43. The van der Waals surface area contributed by atoms with Crippen LogP contribution >= 0.6 is 11.6 Å². The van der Waals surface area contributed by atoms with Crippen LogP contribution in [-0.2, 0) is 4.79 Å². The van der Waals surface area contributed by atoms with Gasteiger partial charge in [0.2, 0.25) is 5.91 Å². The van der Waals surface area contributed by atoms with Crippen molar-refractivity contribution in [2.24, 2.45) is 5.92 Å². The Bertz CT molecular complexity index is 488. The van der Waals surface area contributed by atoms with E-state index in [1.54, 1.807) is 6.92 Å². The van der Waals surface area contributed by atoms with Gasteiger partial charge in [0.15, 0.2) is 5.82 Å². The van der Waals surface area contributed by atoms with Crippen LogP contribution < -0.4 is 16.0 Å². The standard InChI is InChI=1S/C13H20ClN5O/c1-8(18-9(2)20)10-3-5-19(6-4-10)13-11(14)12(15)16-7-17-13/h7-8,10H,3-6H2,1-2H3,(H,18,20)(H2,15,16,17)/t8-/m0/s1. The van der Waals surface area contributed by atoms with Crippen LogP contribution in [0.3, 0.4) is 0 Å². The molecular formula is C13H20ClN5O. The first-order valence-corrected chi connectivity index (χ1v) is 7.15. The maximum Gasteiger partial charge on any atom is 0.217 e. The van der Waals surface area contributed by atoms with E-state index in [9.17, 15) is 4.79 Å². The third kappa shape index (κ3) is 3.30. The number of halogens is 1. The van der Waals surface area contributed by atoms with Crippen LogP contribution in [-0.4, -0.2) is 35.0 Å². The number of hydrogen-bond acceptors (Lipinski definition) is 5. The summed E-state index contributed by atoms with van der Waals surface area (Å²) in [5.74, 6) is 1.51. The van der Waals surface area contributed by atoms with Crippen molar-refractivity contribution in [2.45, 2.75) is 32.7 Å². The number of nitrogen functional groups attached to an aromatic ring is 1. The Labute approximate surface area is 123 Å². The third-order valence-electron chi connectivity index (χ3n) is 3.78. The Morgan fingerprint density at radius 3 is 2.75 bits per heavy atom. The molecule has 1 amide bonds. The Morgan fingerprint density at radius 1 is 1.50 bits per heavy atom. The molecule has 1 aliphatic heterocycles. The molecule has 1 saturated heterocycles. The fourth-order valence-corrected chi connectivity index (χ4v) is 2.86. The van der Waals surface area contributed by atoms with E-state index in [0.717, 1.165) is 25.9 Å². The summed E-state index contributed by atoms with van der Waals surface area (Å²) >= 11 is 6.15. The van der Waals surface area contributed by atoms with Crippen LogP contribution in [0, 0.1) is 5.92 Å². The number of nitrogens with two attached hydrogens (primary N) is 1. The van der Waals surface area contributed by atoms with Gasteiger partial charge >= 0.3 is 0 Å². The summed E-state index contributed by atoms with van der Waals surface area (Å²) in [4.78, 5) is 21.3. The highest BCUT2D eigenvalue weighted by Crippen LogP contribution is 2.30. The molecule has 1 aliphatic rings. The number of amides is 1. The molecule has 1 fully saturated rings. The fraction of sp³-hybridized carbons (Fsp3) is 0.615. The molecule has 0 bridgehead atoms. The van der Waals surface area contributed by atoms with Crippen LogP contribution in [0.5, 0.6) is 0 Å². The lowest BCUT2D eigenvalue weighted by Gasteiger charge is -2.35. The summed E-state index contributed by atoms with van der Waals surface area (Å²) in [5.41, 5.74) is 5.70. The minimum Gasteiger partial charge on any atom is -0.382 e. The molecule has 20 heavy (non-hydrogen) atoms. The van der Waals surface area contributed by atoms with Crippen molar-refractivity contribution < 1.29 is 4.79 Å². The van der Waals surface area contributed by atoms with Gasteiger partial charge in [-0.1, -0.05) is 11.6 Å². The van der Waals surface area contributed by atoms with Crippen molar-refractivity contribution in [3.63, 3.8) is 0 Å². The van der Waals surface area contributed by atoms with Gasteiger partial charge in [-0.2, -0.15) is 0 Å². The van der Waals surface area contributed by atoms with Crippen LogP contribution in [0.25, 0.3) is 0 Å². The second kappa shape index (κ2) is 6.26. The second-order valence-corrected chi connectivity index (χ2v) is 5.59. The van der Waals surface area contributed by atoms with Crippen LogP contribution in [0.2, 0.25) is 5.02 Å². The summed E-state index contributed by atoms with van der Waals surface area (Å²) in [6.07, 6.45) is 3.41. The maximum atomic E-state index is 11.1. The summed E-state index contributed by atoms with van der Waals surface area (Å²) in [6, 6.07) is 0.195. The van der Waals surface area contributed by atoms with Gasteiger partial charge in [-0.05, 0) is 25.7 Å². The number of nitrogens with one attached hydrogen (secondary N) is 1. The molecule has 0 unspecified atom stereocenters. The van der Waals surface area contributed by atoms with Crippen molar-refractivity contribution in [3.8, 4) is 0 Å². The molecule has 1 aromatic heterocycles. The van der Waals surface area contributed by atoms with Crippen molar-refractivity contribution >= 4 is 29.1 Å². The Balaban J connectivity index is 1.97. The molecule has 0 aliphatic carbocycles. The highest BCUT2D eigenvalue weighted by atomic mass is 35.5. The average Bonchev–Trinajstić information content (AvgIpc) is 2.41. The molecule has 3 N–H and O–H groups in total. The first kappa shape index (κ1) is 14.8. The van der Waals surface area contributed by atoms with E-state index >= 15 is 0 Å². The molecule has 0 saturated carbocycles. The van der Waals surface area contributed by atoms with Crippen molar-refractivity contribution in [3.05, 3.63) is 11.3 Å². The summed E-state index contributed by atoms with van der Waals surface area (Å²) < 4.78 is 0. The van der Waals surface area contributed by atoms with Crippen LogP contribution in [0.1, 0.15) is 26.7 Å². The fourth-order valence-electron chi connectivity index (χ4n) is 2.64. The minimum atomic E-state index is 0.0200. The molecule has 0 aromatic carbocycles. The first-order chi connectivity index (χ1) is 9.49. The van der Waals surface area contributed by atoms with Gasteiger partial charge in [0.05, 0.1) is 0 Å². The van der Waals surface area contributed by atoms with E-state index in [4.69, 9.17) is 17.3 Å².